The molecule has 8 N–H and O–H groups in total. The van der Waals surface area contributed by atoms with E-state index in [0.29, 0.717) is 0 Å². The molecule has 0 saturated carbocycles. The fourth-order valence-electron chi connectivity index (χ4n) is 2.85. The molecule has 1 aromatic heterocycles. The molecule has 2 rings (SSSR count). The van der Waals surface area contributed by atoms with E-state index in [2.05, 4.69) is 0 Å². The Bertz CT molecular complexity index is 985. The third kappa shape index (κ3) is 5.02. The van der Waals surface area contributed by atoms with Crippen molar-refractivity contribution in [3.05, 3.63) is 32.6 Å². The number of hydrogen-bond acceptors (Lipinski definition) is 9. The van der Waals surface area contributed by atoms with Crippen molar-refractivity contribution >= 4 is 19.6 Å². The quantitative estimate of drug-likeness (QED) is 0.197. The highest BCUT2D eigenvalue weighted by Gasteiger charge is 2.47. The topological polar surface area (TPSA) is 246 Å². The number of nitrogens with one attached hydrogen (secondary N) is 1. The minimum Gasteiger partial charge on any atom is -0.481 e. The van der Waals surface area contributed by atoms with E-state index in [1.807, 2.05) is 4.98 Å². The monoisotopic (exact) mass is 452 g/mol. The number of carbonyl (C=O) groups is 2. The zero-order chi connectivity index (χ0) is 23.0. The molecule has 1 aromatic rings. The molecule has 0 spiro atoms. The van der Waals surface area contributed by atoms with Crippen LogP contribution in [0.2, 0.25) is 0 Å². The van der Waals surface area contributed by atoms with Crippen molar-refractivity contribution in [3.63, 3.8) is 0 Å². The van der Waals surface area contributed by atoms with Gasteiger partial charge >= 0.3 is 19.4 Å². The summed E-state index contributed by atoms with van der Waals surface area (Å²) in [5, 5.41) is 29.1. The van der Waals surface area contributed by atoms with E-state index in [1.165, 1.54) is 6.92 Å². The van der Waals surface area contributed by atoms with Gasteiger partial charge in [0.2, 0.25) is 5.91 Å². The predicted octanol–water partition coefficient (Wildman–Crippen LogP) is -3.81. The molecule has 1 aliphatic heterocycles. The number of nitrogens with zero attached hydrogens (tertiary/aromatic N) is 2. The largest absolute Gasteiger partial charge is 0.481 e. The van der Waals surface area contributed by atoms with Gasteiger partial charge in [0.1, 0.15) is 18.3 Å². The van der Waals surface area contributed by atoms with Crippen LogP contribution >= 0.6 is 7.75 Å². The van der Waals surface area contributed by atoms with Gasteiger partial charge in [0.15, 0.2) is 6.23 Å². The SMILES string of the molecule is Cc1cn([C@H]2O[C@@H](CN(C(=O)[C@@H](N)CC(=O)O)P(=O)(O)O)C(O)C2O)c(=O)[nH]c1=O. The van der Waals surface area contributed by atoms with Crippen LogP contribution in [0.25, 0.3) is 0 Å². The second-order valence-electron chi connectivity index (χ2n) is 6.66. The van der Waals surface area contributed by atoms with Crippen LogP contribution in [0.5, 0.6) is 0 Å². The van der Waals surface area contributed by atoms with Gasteiger partial charge in [-0.2, -0.15) is 0 Å². The molecular formula is C14H21N4O11P. The molecule has 2 unspecified atom stereocenters. The third-order valence-electron chi connectivity index (χ3n) is 4.39. The second kappa shape index (κ2) is 8.77. The normalized spacial score (nSPS) is 25.1. The molecule has 5 atom stereocenters. The first-order valence-electron chi connectivity index (χ1n) is 8.42. The lowest BCUT2D eigenvalue weighted by atomic mass is 10.1. The van der Waals surface area contributed by atoms with Crippen LogP contribution in [0.1, 0.15) is 18.2 Å². The van der Waals surface area contributed by atoms with Gasteiger partial charge in [-0.15, -0.1) is 0 Å². The number of rotatable bonds is 7. The summed E-state index contributed by atoms with van der Waals surface area (Å²) in [6, 6.07) is -1.79. The van der Waals surface area contributed by atoms with Gasteiger partial charge in [0.25, 0.3) is 5.56 Å². The Labute approximate surface area is 167 Å². The Morgan fingerprint density at radius 3 is 2.47 bits per heavy atom. The fourth-order valence-corrected chi connectivity index (χ4v) is 3.63. The van der Waals surface area contributed by atoms with Crippen molar-refractivity contribution in [3.8, 4) is 0 Å². The number of nitrogens with two attached hydrogens (primary N) is 1. The molecule has 0 radical (unpaired) electrons. The minimum absolute atomic E-state index is 0.0650. The molecule has 16 heteroatoms. The first kappa shape index (κ1) is 23.9. The summed E-state index contributed by atoms with van der Waals surface area (Å²) in [7, 11) is -5.32. The summed E-state index contributed by atoms with van der Waals surface area (Å²) >= 11 is 0. The Morgan fingerprint density at radius 2 is 1.93 bits per heavy atom. The number of carbonyl (C=O) groups excluding carboxylic acids is 1. The van der Waals surface area contributed by atoms with Crippen molar-refractivity contribution in [1.82, 2.24) is 14.2 Å². The smallest absolute Gasteiger partial charge is 0.432 e. The highest BCUT2D eigenvalue weighted by Crippen LogP contribution is 2.42. The van der Waals surface area contributed by atoms with E-state index in [0.717, 1.165) is 10.8 Å². The van der Waals surface area contributed by atoms with Crippen molar-refractivity contribution in [2.75, 3.05) is 6.54 Å². The number of aromatic amines is 1. The molecule has 30 heavy (non-hydrogen) atoms. The molecule has 1 amide bonds. The molecule has 0 aliphatic carbocycles. The fraction of sp³-hybridized carbons (Fsp3) is 0.571. The molecule has 0 bridgehead atoms. The predicted molar refractivity (Wildman–Crippen MR) is 96.0 cm³/mol. The summed E-state index contributed by atoms with van der Waals surface area (Å²) in [6.07, 6.45) is -6.56. The summed E-state index contributed by atoms with van der Waals surface area (Å²) in [5.74, 6) is -2.90. The zero-order valence-electron chi connectivity index (χ0n) is 15.5. The van der Waals surface area contributed by atoms with E-state index in [1.54, 1.807) is 0 Å². The standard InChI is InChI=1S/C14H21N4O11P/c1-5-3-17(14(25)16-11(5)23)13-10(22)9(21)7(29-13)4-18(30(26,27)28)12(24)6(15)2-8(19)20/h3,6-7,9-10,13,21-22H,2,4,15H2,1H3,(H,19,20)(H,16,23,25)(H2,26,27,28)/t6-,7-,9?,10?,13-/m0/s1. The van der Waals surface area contributed by atoms with Gasteiger partial charge in [0, 0.05) is 11.8 Å². The molecule has 15 nitrogen and oxygen atoms in total. The maximum absolute atomic E-state index is 12.2. The number of aryl methyl sites for hydroxylation is 1. The van der Waals surface area contributed by atoms with E-state index in [-0.39, 0.29) is 10.2 Å². The number of ether oxygens (including phenoxy) is 1. The zero-order valence-corrected chi connectivity index (χ0v) is 16.4. The average molecular weight is 452 g/mol. The van der Waals surface area contributed by atoms with Crippen LogP contribution in [-0.2, 0) is 18.9 Å². The first-order chi connectivity index (χ1) is 13.7. The number of H-pyrrole nitrogens is 1. The number of hydrogen-bond donors (Lipinski definition) is 7. The van der Waals surface area contributed by atoms with Gasteiger partial charge in [-0.1, -0.05) is 0 Å². The number of aliphatic hydroxyl groups excluding tert-OH is 2. The van der Waals surface area contributed by atoms with Crippen LogP contribution in [-0.4, -0.2) is 82.1 Å². The van der Waals surface area contributed by atoms with Gasteiger partial charge < -0.3 is 35.6 Å². The Kier molecular flexibility index (Phi) is 6.98. The van der Waals surface area contributed by atoms with Crippen LogP contribution in [0.4, 0.5) is 0 Å². The Morgan fingerprint density at radius 1 is 1.33 bits per heavy atom. The maximum atomic E-state index is 12.2. The highest BCUT2D eigenvalue weighted by molar-refractivity contribution is 7.49. The number of carboxylic acids is 1. The summed E-state index contributed by atoms with van der Waals surface area (Å²) in [6.45, 7) is 0.393. The lowest BCUT2D eigenvalue weighted by Gasteiger charge is -2.28. The lowest BCUT2D eigenvalue weighted by molar-refractivity contribution is -0.141. The number of amides is 1. The highest BCUT2D eigenvalue weighted by atomic mass is 31.2. The summed E-state index contributed by atoms with van der Waals surface area (Å²) in [4.78, 5) is 67.3. The van der Waals surface area contributed by atoms with Gasteiger partial charge in [0.05, 0.1) is 19.0 Å². The Balaban J connectivity index is 2.30. The van der Waals surface area contributed by atoms with E-state index >= 15 is 0 Å². The number of aliphatic hydroxyl groups is 2. The summed E-state index contributed by atoms with van der Waals surface area (Å²) < 4.78 is 17.8. The molecule has 1 fully saturated rings. The van der Waals surface area contributed by atoms with Crippen LogP contribution in [0.3, 0.4) is 0 Å². The Hall–Kier alpha value is -2.39. The number of aliphatic carboxylic acids is 1. The average Bonchev–Trinajstić information content (AvgIpc) is 2.88. The van der Waals surface area contributed by atoms with Gasteiger partial charge in [-0.25, -0.2) is 14.0 Å². The third-order valence-corrected chi connectivity index (χ3v) is 5.38. The van der Waals surface area contributed by atoms with Crippen LogP contribution in [0.15, 0.2) is 15.8 Å². The molecule has 168 valence electrons. The van der Waals surface area contributed by atoms with Gasteiger partial charge in [-0.3, -0.25) is 23.9 Å². The molecule has 2 heterocycles. The van der Waals surface area contributed by atoms with E-state index in [9.17, 15) is 43.7 Å². The summed E-state index contributed by atoms with van der Waals surface area (Å²) in [5.41, 5.74) is 3.79. The van der Waals surface area contributed by atoms with Gasteiger partial charge in [-0.05, 0) is 6.92 Å². The van der Waals surface area contributed by atoms with Crippen LogP contribution in [0, 0.1) is 6.92 Å². The number of aromatic nitrogens is 2. The molecule has 1 saturated heterocycles. The second-order valence-corrected chi connectivity index (χ2v) is 8.17. The molecular weight excluding hydrogens is 431 g/mol. The van der Waals surface area contributed by atoms with E-state index < -0.39 is 74.4 Å². The van der Waals surface area contributed by atoms with Crippen molar-refractivity contribution < 1.29 is 44.0 Å². The number of carboxylic acid groups (broad SMARTS) is 1. The maximum Gasteiger partial charge on any atom is 0.432 e. The molecule has 1 aliphatic rings. The van der Waals surface area contributed by atoms with E-state index in [4.69, 9.17) is 15.6 Å². The molecule has 0 aromatic carbocycles. The van der Waals surface area contributed by atoms with Crippen LogP contribution < -0.4 is 17.0 Å². The first-order valence-corrected chi connectivity index (χ1v) is 9.99. The lowest BCUT2D eigenvalue weighted by Crippen LogP contribution is -2.47. The minimum atomic E-state index is -5.32. The van der Waals surface area contributed by atoms with Crippen molar-refractivity contribution in [1.29, 1.82) is 0 Å². The van der Waals surface area contributed by atoms with Crippen molar-refractivity contribution in [2.24, 2.45) is 5.73 Å². The van der Waals surface area contributed by atoms with Crippen molar-refractivity contribution in [2.45, 2.75) is 43.9 Å².